The maximum atomic E-state index is 5.41. The predicted molar refractivity (Wildman–Crippen MR) is 75.4 cm³/mol. The monoisotopic (exact) mass is 321 g/mol. The number of methoxy groups -OCH3 is 1. The number of likely N-dealkylation sites (N-methyl/N-ethyl adjacent to an activating group) is 1. The standard InChI is InChI=1S/C12H20INO/c1-5-13-8-6-10(2)12(14-3)11(15-4)7-9-13/h6-7,9,14H,5,8H2,1-4H3. The molecule has 0 unspecified atom stereocenters. The molecule has 0 aromatic carbocycles. The third-order valence-electron chi connectivity index (χ3n) is 2.43. The summed E-state index contributed by atoms with van der Waals surface area (Å²) in [5.74, 6) is 0.960. The molecule has 1 aliphatic rings. The summed E-state index contributed by atoms with van der Waals surface area (Å²) in [6, 6.07) is 0. The molecule has 0 atom stereocenters. The number of allylic oxidation sites excluding steroid dienone is 3. The van der Waals surface area contributed by atoms with Gasteiger partial charge in [0.15, 0.2) is 0 Å². The van der Waals surface area contributed by atoms with Crippen LogP contribution in [0.3, 0.4) is 0 Å². The fourth-order valence-corrected chi connectivity index (χ4v) is 4.97. The van der Waals surface area contributed by atoms with E-state index in [1.165, 1.54) is 14.4 Å². The Morgan fingerprint density at radius 3 is 2.80 bits per heavy atom. The van der Waals surface area contributed by atoms with Gasteiger partial charge in [0.2, 0.25) is 0 Å². The van der Waals surface area contributed by atoms with Crippen molar-refractivity contribution in [1.82, 2.24) is 5.32 Å². The molecule has 1 aliphatic heterocycles. The van der Waals surface area contributed by atoms with Gasteiger partial charge in [-0.3, -0.25) is 0 Å². The molecule has 0 saturated heterocycles. The molecule has 1 rings (SSSR count). The molecule has 0 spiro atoms. The van der Waals surface area contributed by atoms with Crippen molar-refractivity contribution < 1.29 is 4.74 Å². The molecule has 15 heavy (non-hydrogen) atoms. The van der Waals surface area contributed by atoms with Gasteiger partial charge in [0.1, 0.15) is 0 Å². The second-order valence-corrected chi connectivity index (χ2v) is 9.26. The number of hydrogen-bond acceptors (Lipinski definition) is 2. The summed E-state index contributed by atoms with van der Waals surface area (Å²) in [5.41, 5.74) is 2.41. The van der Waals surface area contributed by atoms with Crippen LogP contribution in [0.4, 0.5) is 0 Å². The Morgan fingerprint density at radius 2 is 2.27 bits per heavy atom. The Bertz CT molecular complexity index is 305. The minimum atomic E-state index is -0.878. The molecule has 0 fully saturated rings. The first-order valence-electron chi connectivity index (χ1n) is 5.14. The van der Waals surface area contributed by atoms with E-state index in [1.54, 1.807) is 7.11 Å². The molecule has 0 aromatic rings. The number of rotatable bonds is 3. The fourth-order valence-electron chi connectivity index (χ4n) is 1.48. The molecule has 0 saturated carbocycles. The van der Waals surface area contributed by atoms with Crippen LogP contribution in [0.15, 0.2) is 33.3 Å². The van der Waals surface area contributed by atoms with Crippen LogP contribution in [0.25, 0.3) is 0 Å². The van der Waals surface area contributed by atoms with Gasteiger partial charge in [0.25, 0.3) is 0 Å². The Balaban J connectivity index is 3.06. The topological polar surface area (TPSA) is 21.3 Å². The fraction of sp³-hybridized carbons (Fsp3) is 0.500. The molecular formula is C12H20INO. The van der Waals surface area contributed by atoms with Crippen molar-refractivity contribution in [1.29, 1.82) is 0 Å². The number of hydrogen-bond donors (Lipinski definition) is 1. The van der Waals surface area contributed by atoms with E-state index in [4.69, 9.17) is 4.74 Å². The zero-order valence-corrected chi connectivity index (χ0v) is 12.1. The van der Waals surface area contributed by atoms with Crippen LogP contribution in [0, 0.1) is 0 Å². The molecule has 0 aliphatic carbocycles. The Labute approximate surface area is 99.9 Å². The van der Waals surface area contributed by atoms with Crippen molar-refractivity contribution in [2.24, 2.45) is 0 Å². The predicted octanol–water partition coefficient (Wildman–Crippen LogP) is 3.06. The van der Waals surface area contributed by atoms with Crippen molar-refractivity contribution in [2.75, 3.05) is 23.0 Å². The van der Waals surface area contributed by atoms with Gasteiger partial charge in [0, 0.05) is 0 Å². The van der Waals surface area contributed by atoms with Crippen LogP contribution in [-0.2, 0) is 4.74 Å². The third kappa shape index (κ3) is 3.26. The van der Waals surface area contributed by atoms with Gasteiger partial charge < -0.3 is 0 Å². The summed E-state index contributed by atoms with van der Waals surface area (Å²) in [7, 11) is 3.67. The molecule has 0 bridgehead atoms. The van der Waals surface area contributed by atoms with E-state index in [1.807, 2.05) is 7.05 Å². The molecule has 3 heteroatoms. The number of halogens is 1. The van der Waals surface area contributed by atoms with Crippen LogP contribution < -0.4 is 5.32 Å². The zero-order valence-electron chi connectivity index (χ0n) is 9.93. The average molecular weight is 321 g/mol. The Kier molecular flexibility index (Phi) is 5.22. The Hall–Kier alpha value is -0.450. The first kappa shape index (κ1) is 12.6. The van der Waals surface area contributed by atoms with Crippen LogP contribution in [0.2, 0.25) is 0 Å². The molecule has 1 heterocycles. The van der Waals surface area contributed by atoms with Crippen molar-refractivity contribution in [3.63, 3.8) is 0 Å². The van der Waals surface area contributed by atoms with Crippen LogP contribution >= 0.6 is 19.8 Å². The third-order valence-corrected chi connectivity index (χ3v) is 7.34. The number of alkyl halides is 2. The minimum absolute atomic E-state index is 0.878. The summed E-state index contributed by atoms with van der Waals surface area (Å²) in [6.07, 6.45) is 4.50. The van der Waals surface area contributed by atoms with Crippen LogP contribution in [0.1, 0.15) is 13.8 Å². The molecule has 0 radical (unpaired) electrons. The maximum absolute atomic E-state index is 5.41. The van der Waals surface area contributed by atoms with E-state index < -0.39 is 19.8 Å². The average Bonchev–Trinajstić information content (AvgIpc) is 2.24. The molecule has 2 nitrogen and oxygen atoms in total. The molecule has 1 N–H and O–H groups in total. The number of ether oxygens (including phenoxy) is 1. The first-order chi connectivity index (χ1) is 7.22. The van der Waals surface area contributed by atoms with Crippen molar-refractivity contribution in [3.05, 3.63) is 33.3 Å². The molecular weight excluding hydrogens is 301 g/mol. The Morgan fingerprint density at radius 1 is 1.53 bits per heavy atom. The summed E-state index contributed by atoms with van der Waals surface area (Å²) in [5, 5.41) is 3.21. The van der Waals surface area contributed by atoms with E-state index in [2.05, 4.69) is 35.4 Å². The second-order valence-electron chi connectivity index (χ2n) is 3.29. The van der Waals surface area contributed by atoms with Crippen molar-refractivity contribution >= 4 is 19.8 Å². The van der Waals surface area contributed by atoms with E-state index in [9.17, 15) is 0 Å². The van der Waals surface area contributed by atoms with E-state index in [0.717, 1.165) is 11.5 Å². The molecule has 0 aromatic heterocycles. The van der Waals surface area contributed by atoms with Crippen molar-refractivity contribution in [2.45, 2.75) is 13.8 Å². The SMILES string of the molecule is CCI1C=CC(OC)=C(NC)C(C)=CC1. The van der Waals surface area contributed by atoms with Gasteiger partial charge in [-0.1, -0.05) is 0 Å². The first-order valence-corrected chi connectivity index (χ1v) is 9.44. The van der Waals surface area contributed by atoms with Gasteiger partial charge in [-0.05, 0) is 0 Å². The number of nitrogens with one attached hydrogen (secondary N) is 1. The van der Waals surface area contributed by atoms with E-state index >= 15 is 0 Å². The van der Waals surface area contributed by atoms with Crippen LogP contribution in [0.5, 0.6) is 0 Å². The summed E-state index contributed by atoms with van der Waals surface area (Å²) >= 11 is -0.878. The van der Waals surface area contributed by atoms with Gasteiger partial charge >= 0.3 is 100.0 Å². The van der Waals surface area contributed by atoms with Crippen LogP contribution in [-0.4, -0.2) is 23.0 Å². The van der Waals surface area contributed by atoms with Gasteiger partial charge in [-0.2, -0.15) is 0 Å². The zero-order chi connectivity index (χ0) is 11.3. The summed E-state index contributed by atoms with van der Waals surface area (Å²) in [6.45, 7) is 4.43. The molecule has 86 valence electrons. The van der Waals surface area contributed by atoms with Gasteiger partial charge in [-0.15, -0.1) is 0 Å². The van der Waals surface area contributed by atoms with Crippen molar-refractivity contribution in [3.8, 4) is 0 Å². The van der Waals surface area contributed by atoms with Gasteiger partial charge in [0.05, 0.1) is 0 Å². The van der Waals surface area contributed by atoms with E-state index in [0.29, 0.717) is 0 Å². The summed E-state index contributed by atoms with van der Waals surface area (Å²) in [4.78, 5) is 0. The second kappa shape index (κ2) is 6.20. The normalized spacial score (nSPS) is 19.5. The summed E-state index contributed by atoms with van der Waals surface area (Å²) < 4.78 is 10.4. The quantitative estimate of drug-likeness (QED) is 0.637. The van der Waals surface area contributed by atoms with Gasteiger partial charge in [-0.25, -0.2) is 0 Å². The van der Waals surface area contributed by atoms with E-state index in [-0.39, 0.29) is 0 Å². The molecule has 0 amide bonds.